The SMILES string of the molecule is CCNCCc1ccc(CN(C)CC2CCC2)cc1. The van der Waals surface area contributed by atoms with Gasteiger partial charge in [0.25, 0.3) is 0 Å². The molecule has 2 nitrogen and oxygen atoms in total. The van der Waals surface area contributed by atoms with E-state index in [0.29, 0.717) is 0 Å². The molecule has 0 bridgehead atoms. The smallest absolute Gasteiger partial charge is 0.0230 e. The second-order valence-electron chi connectivity index (χ2n) is 5.91. The van der Waals surface area contributed by atoms with Crippen LogP contribution in [0.3, 0.4) is 0 Å². The maximum atomic E-state index is 3.37. The Kier molecular flexibility index (Phi) is 5.87. The van der Waals surface area contributed by atoms with Crippen molar-refractivity contribution in [3.05, 3.63) is 35.4 Å². The Hall–Kier alpha value is -0.860. The van der Waals surface area contributed by atoms with E-state index in [4.69, 9.17) is 0 Å². The summed E-state index contributed by atoms with van der Waals surface area (Å²) in [6.45, 7) is 6.65. The molecule has 0 heterocycles. The standard InChI is InChI=1S/C17H28N2/c1-3-18-12-11-15-7-9-17(10-8-15)14-19(2)13-16-5-4-6-16/h7-10,16,18H,3-6,11-14H2,1-2H3. The van der Waals surface area contributed by atoms with Gasteiger partial charge in [-0.1, -0.05) is 37.6 Å². The maximum absolute atomic E-state index is 3.37. The van der Waals surface area contributed by atoms with Crippen LogP contribution >= 0.6 is 0 Å². The number of likely N-dealkylation sites (N-methyl/N-ethyl adjacent to an activating group) is 1. The van der Waals surface area contributed by atoms with Gasteiger partial charge in [0.2, 0.25) is 0 Å². The lowest BCUT2D eigenvalue weighted by atomic mass is 9.85. The van der Waals surface area contributed by atoms with Crippen LogP contribution in [-0.2, 0) is 13.0 Å². The molecule has 0 radical (unpaired) electrons. The number of benzene rings is 1. The molecule has 1 aliphatic carbocycles. The van der Waals surface area contributed by atoms with Crippen LogP contribution in [0.25, 0.3) is 0 Å². The van der Waals surface area contributed by atoms with E-state index in [-0.39, 0.29) is 0 Å². The minimum absolute atomic E-state index is 0.962. The summed E-state index contributed by atoms with van der Waals surface area (Å²) < 4.78 is 0. The third-order valence-corrected chi connectivity index (χ3v) is 4.11. The summed E-state index contributed by atoms with van der Waals surface area (Å²) >= 11 is 0. The van der Waals surface area contributed by atoms with Gasteiger partial charge in [0, 0.05) is 13.1 Å². The van der Waals surface area contributed by atoms with Crippen molar-refractivity contribution in [2.75, 3.05) is 26.7 Å². The number of hydrogen-bond acceptors (Lipinski definition) is 2. The quantitative estimate of drug-likeness (QED) is 0.723. The monoisotopic (exact) mass is 260 g/mol. The Labute approximate surface area is 118 Å². The summed E-state index contributed by atoms with van der Waals surface area (Å²) in [6.07, 6.45) is 5.45. The molecule has 0 spiro atoms. The molecule has 0 aliphatic heterocycles. The molecule has 2 heteroatoms. The summed E-state index contributed by atoms with van der Waals surface area (Å²) in [5.74, 6) is 0.962. The Morgan fingerprint density at radius 1 is 1.16 bits per heavy atom. The van der Waals surface area contributed by atoms with Crippen LogP contribution in [0, 0.1) is 5.92 Å². The van der Waals surface area contributed by atoms with Crippen LogP contribution < -0.4 is 5.32 Å². The van der Waals surface area contributed by atoms with Crippen molar-refractivity contribution in [1.29, 1.82) is 0 Å². The second-order valence-corrected chi connectivity index (χ2v) is 5.91. The first-order chi connectivity index (χ1) is 9.28. The summed E-state index contributed by atoms with van der Waals surface area (Å²) in [6, 6.07) is 9.14. The minimum Gasteiger partial charge on any atom is -0.317 e. The molecule has 0 amide bonds. The Bertz CT molecular complexity index is 354. The predicted molar refractivity (Wildman–Crippen MR) is 82.4 cm³/mol. The molecule has 19 heavy (non-hydrogen) atoms. The normalized spacial score (nSPS) is 15.7. The summed E-state index contributed by atoms with van der Waals surface area (Å²) in [5.41, 5.74) is 2.88. The topological polar surface area (TPSA) is 15.3 Å². The molecule has 0 unspecified atom stereocenters. The van der Waals surface area contributed by atoms with Crippen LogP contribution in [0.1, 0.15) is 37.3 Å². The van der Waals surface area contributed by atoms with E-state index in [0.717, 1.165) is 32.0 Å². The summed E-state index contributed by atoms with van der Waals surface area (Å²) in [4.78, 5) is 2.47. The first-order valence-electron chi connectivity index (χ1n) is 7.75. The lowest BCUT2D eigenvalue weighted by Gasteiger charge is -2.30. The molecule has 0 aromatic heterocycles. The highest BCUT2D eigenvalue weighted by atomic mass is 15.1. The van der Waals surface area contributed by atoms with Crippen LogP contribution in [0.4, 0.5) is 0 Å². The molecule has 2 rings (SSSR count). The van der Waals surface area contributed by atoms with Crippen LogP contribution in [-0.4, -0.2) is 31.6 Å². The van der Waals surface area contributed by atoms with E-state index in [1.54, 1.807) is 0 Å². The second kappa shape index (κ2) is 7.66. The molecule has 1 aromatic carbocycles. The largest absolute Gasteiger partial charge is 0.317 e. The first kappa shape index (κ1) is 14.5. The molecular formula is C17H28N2. The first-order valence-corrected chi connectivity index (χ1v) is 7.75. The van der Waals surface area contributed by atoms with Crippen LogP contribution in [0.5, 0.6) is 0 Å². The lowest BCUT2D eigenvalue weighted by Crippen LogP contribution is -2.29. The fourth-order valence-electron chi connectivity index (χ4n) is 2.71. The summed E-state index contributed by atoms with van der Waals surface area (Å²) in [7, 11) is 2.25. The zero-order valence-electron chi connectivity index (χ0n) is 12.5. The van der Waals surface area contributed by atoms with Gasteiger partial charge < -0.3 is 10.2 Å². The fourth-order valence-corrected chi connectivity index (χ4v) is 2.71. The van der Waals surface area contributed by atoms with E-state index in [9.17, 15) is 0 Å². The van der Waals surface area contributed by atoms with Crippen molar-refractivity contribution < 1.29 is 0 Å². The average Bonchev–Trinajstić information content (AvgIpc) is 2.36. The molecule has 0 saturated heterocycles. The number of rotatable bonds is 8. The van der Waals surface area contributed by atoms with E-state index >= 15 is 0 Å². The van der Waals surface area contributed by atoms with Crippen molar-refractivity contribution in [2.24, 2.45) is 5.92 Å². The van der Waals surface area contributed by atoms with Crippen molar-refractivity contribution in [3.63, 3.8) is 0 Å². The van der Waals surface area contributed by atoms with Gasteiger partial charge in [0.15, 0.2) is 0 Å². The number of hydrogen-bond donors (Lipinski definition) is 1. The van der Waals surface area contributed by atoms with Gasteiger partial charge in [-0.25, -0.2) is 0 Å². The van der Waals surface area contributed by atoms with Gasteiger partial charge in [-0.05, 0) is 56.4 Å². The Morgan fingerprint density at radius 2 is 1.84 bits per heavy atom. The molecule has 1 aromatic rings. The van der Waals surface area contributed by atoms with Crippen molar-refractivity contribution in [2.45, 2.75) is 39.2 Å². The van der Waals surface area contributed by atoms with Crippen LogP contribution in [0.2, 0.25) is 0 Å². The van der Waals surface area contributed by atoms with Gasteiger partial charge in [0.05, 0.1) is 0 Å². The minimum atomic E-state index is 0.962. The summed E-state index contributed by atoms with van der Waals surface area (Å²) in [5, 5.41) is 3.37. The third kappa shape index (κ3) is 4.96. The predicted octanol–water partition coefficient (Wildman–Crippen LogP) is 3.07. The van der Waals surface area contributed by atoms with Gasteiger partial charge in [-0.15, -0.1) is 0 Å². The molecular weight excluding hydrogens is 232 g/mol. The fraction of sp³-hybridized carbons (Fsp3) is 0.647. The lowest BCUT2D eigenvalue weighted by molar-refractivity contribution is 0.200. The zero-order chi connectivity index (χ0) is 13.5. The van der Waals surface area contributed by atoms with Crippen molar-refractivity contribution in [3.8, 4) is 0 Å². The molecule has 106 valence electrons. The zero-order valence-corrected chi connectivity index (χ0v) is 12.5. The maximum Gasteiger partial charge on any atom is 0.0230 e. The van der Waals surface area contributed by atoms with Gasteiger partial charge in [0.1, 0.15) is 0 Å². The molecule has 0 atom stereocenters. The highest BCUT2D eigenvalue weighted by Crippen LogP contribution is 2.27. The van der Waals surface area contributed by atoms with Gasteiger partial charge >= 0.3 is 0 Å². The van der Waals surface area contributed by atoms with Crippen LogP contribution in [0.15, 0.2) is 24.3 Å². The van der Waals surface area contributed by atoms with Crippen molar-refractivity contribution >= 4 is 0 Å². The highest BCUT2D eigenvalue weighted by molar-refractivity contribution is 5.22. The van der Waals surface area contributed by atoms with E-state index in [2.05, 4.69) is 48.5 Å². The van der Waals surface area contributed by atoms with E-state index in [1.807, 2.05) is 0 Å². The third-order valence-electron chi connectivity index (χ3n) is 4.11. The average molecular weight is 260 g/mol. The molecule has 1 saturated carbocycles. The van der Waals surface area contributed by atoms with E-state index < -0.39 is 0 Å². The molecule has 1 fully saturated rings. The molecule has 1 N–H and O–H groups in total. The Morgan fingerprint density at radius 3 is 2.42 bits per heavy atom. The number of nitrogens with one attached hydrogen (secondary N) is 1. The Balaban J connectivity index is 1.73. The van der Waals surface area contributed by atoms with Crippen molar-refractivity contribution in [1.82, 2.24) is 10.2 Å². The van der Waals surface area contributed by atoms with E-state index in [1.165, 1.54) is 36.9 Å². The van der Waals surface area contributed by atoms with Gasteiger partial charge in [-0.2, -0.15) is 0 Å². The molecule has 1 aliphatic rings. The van der Waals surface area contributed by atoms with Gasteiger partial charge in [-0.3, -0.25) is 0 Å². The highest BCUT2D eigenvalue weighted by Gasteiger charge is 2.18. The number of nitrogens with zero attached hydrogens (tertiary/aromatic N) is 1.